The first-order valence-electron chi connectivity index (χ1n) is 11.6. The van der Waals surface area contributed by atoms with Gasteiger partial charge in [-0.25, -0.2) is 13.6 Å². The zero-order valence-electron chi connectivity index (χ0n) is 20.3. The molecule has 4 aromatic rings. The van der Waals surface area contributed by atoms with Crippen LogP contribution in [-0.2, 0) is 0 Å². The lowest BCUT2D eigenvalue weighted by Gasteiger charge is -2.40. The van der Waals surface area contributed by atoms with Gasteiger partial charge >= 0.3 is 6.03 Å². The highest BCUT2D eigenvalue weighted by atomic mass is 35.5. The number of aromatic nitrogens is 2. The van der Waals surface area contributed by atoms with Gasteiger partial charge in [0.15, 0.2) is 5.82 Å². The first kappa shape index (κ1) is 26.1. The van der Waals surface area contributed by atoms with E-state index in [4.69, 9.17) is 4.74 Å². The summed E-state index contributed by atoms with van der Waals surface area (Å²) in [5, 5.41) is 13.6. The SMILES string of the molecule is COc1ccc(-c2nnc(N3CCN(C(=O)Nc4ccc(F)cc4F)C(C)C3)c3ccccc23)cc1.Cl. The molecule has 1 atom stereocenters. The number of amides is 2. The molecular weight excluding hydrogens is 500 g/mol. The minimum absolute atomic E-state index is 0. The maximum absolute atomic E-state index is 14.0. The maximum Gasteiger partial charge on any atom is 0.322 e. The Balaban J connectivity index is 0.00000320. The van der Waals surface area contributed by atoms with E-state index in [1.807, 2.05) is 55.5 Å². The van der Waals surface area contributed by atoms with E-state index in [2.05, 4.69) is 20.4 Å². The van der Waals surface area contributed by atoms with E-state index < -0.39 is 17.7 Å². The van der Waals surface area contributed by atoms with E-state index >= 15 is 0 Å². The number of rotatable bonds is 4. The molecule has 3 aromatic carbocycles. The molecule has 0 radical (unpaired) electrons. The fourth-order valence-electron chi connectivity index (χ4n) is 4.51. The minimum atomic E-state index is -0.812. The second-order valence-corrected chi connectivity index (χ2v) is 8.69. The number of benzene rings is 3. The van der Waals surface area contributed by atoms with Gasteiger partial charge in [0.2, 0.25) is 0 Å². The molecule has 192 valence electrons. The first-order valence-corrected chi connectivity index (χ1v) is 11.6. The van der Waals surface area contributed by atoms with Crippen LogP contribution in [0.4, 0.5) is 25.1 Å². The second kappa shape index (κ2) is 11.0. The largest absolute Gasteiger partial charge is 0.497 e. The highest BCUT2D eigenvalue weighted by Gasteiger charge is 2.30. The third-order valence-electron chi connectivity index (χ3n) is 6.39. The molecule has 1 N–H and O–H groups in total. The van der Waals surface area contributed by atoms with Crippen molar-refractivity contribution in [2.45, 2.75) is 13.0 Å². The monoisotopic (exact) mass is 525 g/mol. The summed E-state index contributed by atoms with van der Waals surface area (Å²) in [4.78, 5) is 16.6. The van der Waals surface area contributed by atoms with Gasteiger partial charge in [-0.3, -0.25) is 0 Å². The molecule has 1 aromatic heterocycles. The van der Waals surface area contributed by atoms with Gasteiger partial charge in [0, 0.05) is 48.1 Å². The third-order valence-corrected chi connectivity index (χ3v) is 6.39. The Hall–Kier alpha value is -3.98. The van der Waals surface area contributed by atoms with Crippen LogP contribution in [0.5, 0.6) is 5.75 Å². The number of piperazine rings is 1. The van der Waals surface area contributed by atoms with Crippen molar-refractivity contribution in [3.05, 3.63) is 78.4 Å². The predicted octanol–water partition coefficient (Wildman–Crippen LogP) is 5.75. The molecule has 0 aliphatic carbocycles. The number of anilines is 2. The van der Waals surface area contributed by atoms with Gasteiger partial charge in [0.05, 0.1) is 12.8 Å². The predicted molar refractivity (Wildman–Crippen MR) is 143 cm³/mol. The number of hydrogen-bond acceptors (Lipinski definition) is 5. The standard InChI is InChI=1S/C27H25F2N5O2.ClH/c1-17-16-33(13-14-34(17)27(35)30-24-12-9-19(28)15-23(24)29)26-22-6-4-3-5-21(22)25(31-32-26)18-7-10-20(36-2)11-8-18;/h3-12,15,17H,13-14,16H2,1-2H3,(H,30,35);1H. The zero-order chi connectivity index (χ0) is 25.2. The third kappa shape index (κ3) is 5.27. The van der Waals surface area contributed by atoms with Gasteiger partial charge in [-0.2, -0.15) is 0 Å². The number of nitrogens with one attached hydrogen (secondary N) is 1. The molecule has 1 unspecified atom stereocenters. The summed E-state index contributed by atoms with van der Waals surface area (Å²) in [6, 6.07) is 18.2. The van der Waals surface area contributed by atoms with Gasteiger partial charge in [-0.05, 0) is 43.3 Å². The summed E-state index contributed by atoms with van der Waals surface area (Å²) in [6.07, 6.45) is 0. The lowest BCUT2D eigenvalue weighted by atomic mass is 10.0. The molecular formula is C27H26ClF2N5O2. The number of methoxy groups -OCH3 is 1. The lowest BCUT2D eigenvalue weighted by Crippen LogP contribution is -2.55. The van der Waals surface area contributed by atoms with Crippen LogP contribution in [0.25, 0.3) is 22.0 Å². The molecule has 37 heavy (non-hydrogen) atoms. The zero-order valence-corrected chi connectivity index (χ0v) is 21.1. The molecule has 2 heterocycles. The second-order valence-electron chi connectivity index (χ2n) is 8.69. The Morgan fingerprint density at radius 1 is 1.00 bits per heavy atom. The van der Waals surface area contributed by atoms with E-state index in [-0.39, 0.29) is 24.1 Å². The van der Waals surface area contributed by atoms with Crippen LogP contribution in [-0.4, -0.2) is 53.9 Å². The van der Waals surface area contributed by atoms with Crippen LogP contribution in [0.1, 0.15) is 6.92 Å². The smallest absolute Gasteiger partial charge is 0.322 e. The summed E-state index contributed by atoms with van der Waals surface area (Å²) in [7, 11) is 1.63. The summed E-state index contributed by atoms with van der Waals surface area (Å²) in [6.45, 7) is 3.39. The number of ether oxygens (including phenoxy) is 1. The minimum Gasteiger partial charge on any atom is -0.497 e. The number of carbonyl (C=O) groups excluding carboxylic acids is 1. The van der Waals surface area contributed by atoms with Crippen LogP contribution in [0.3, 0.4) is 0 Å². The topological polar surface area (TPSA) is 70.6 Å². The lowest BCUT2D eigenvalue weighted by molar-refractivity contribution is 0.184. The van der Waals surface area contributed by atoms with Crippen molar-refractivity contribution in [2.24, 2.45) is 0 Å². The molecule has 7 nitrogen and oxygen atoms in total. The van der Waals surface area contributed by atoms with Crippen molar-refractivity contribution in [2.75, 3.05) is 37.0 Å². The average molecular weight is 526 g/mol. The molecule has 5 rings (SSSR count). The van der Waals surface area contributed by atoms with Crippen LogP contribution < -0.4 is 15.0 Å². The van der Waals surface area contributed by atoms with E-state index in [0.29, 0.717) is 19.6 Å². The molecule has 0 spiro atoms. The van der Waals surface area contributed by atoms with Gasteiger partial charge < -0.3 is 19.9 Å². The highest BCUT2D eigenvalue weighted by molar-refractivity contribution is 6.00. The van der Waals surface area contributed by atoms with Crippen molar-refractivity contribution < 1.29 is 18.3 Å². The van der Waals surface area contributed by atoms with E-state index in [1.165, 1.54) is 6.07 Å². The fraction of sp³-hybridized carbons (Fsp3) is 0.222. The number of carbonyl (C=O) groups is 1. The Kier molecular flexibility index (Phi) is 7.73. The fourth-order valence-corrected chi connectivity index (χ4v) is 4.51. The van der Waals surface area contributed by atoms with E-state index in [9.17, 15) is 13.6 Å². The highest BCUT2D eigenvalue weighted by Crippen LogP contribution is 2.33. The summed E-state index contributed by atoms with van der Waals surface area (Å²) >= 11 is 0. The van der Waals surface area contributed by atoms with Gasteiger partial charge in [0.1, 0.15) is 23.1 Å². The molecule has 2 amide bonds. The van der Waals surface area contributed by atoms with Gasteiger partial charge in [-0.15, -0.1) is 22.6 Å². The van der Waals surface area contributed by atoms with Crippen LogP contribution in [0.2, 0.25) is 0 Å². The quantitative estimate of drug-likeness (QED) is 0.367. The van der Waals surface area contributed by atoms with Gasteiger partial charge in [-0.1, -0.05) is 24.3 Å². The summed E-state index contributed by atoms with van der Waals surface area (Å²) in [5.74, 6) is 0.0113. The number of nitrogens with zero attached hydrogens (tertiary/aromatic N) is 4. The Bertz CT molecular complexity index is 1420. The average Bonchev–Trinajstić information content (AvgIpc) is 2.89. The Morgan fingerprint density at radius 3 is 2.41 bits per heavy atom. The molecule has 1 fully saturated rings. The van der Waals surface area contributed by atoms with Crippen molar-refractivity contribution >= 4 is 40.7 Å². The number of hydrogen-bond donors (Lipinski definition) is 1. The molecule has 10 heteroatoms. The van der Waals surface area contributed by atoms with Crippen molar-refractivity contribution in [1.82, 2.24) is 15.1 Å². The maximum atomic E-state index is 14.0. The van der Waals surface area contributed by atoms with Crippen molar-refractivity contribution in [3.8, 4) is 17.0 Å². The van der Waals surface area contributed by atoms with E-state index in [1.54, 1.807) is 12.0 Å². The van der Waals surface area contributed by atoms with Crippen molar-refractivity contribution in [3.63, 3.8) is 0 Å². The summed E-state index contributed by atoms with van der Waals surface area (Å²) in [5.41, 5.74) is 1.67. The van der Waals surface area contributed by atoms with Crippen LogP contribution in [0.15, 0.2) is 66.7 Å². The number of urea groups is 1. The first-order chi connectivity index (χ1) is 17.4. The molecule has 1 aliphatic heterocycles. The Morgan fingerprint density at radius 2 is 1.73 bits per heavy atom. The van der Waals surface area contributed by atoms with E-state index in [0.717, 1.165) is 45.7 Å². The van der Waals surface area contributed by atoms with Crippen LogP contribution in [0, 0.1) is 11.6 Å². The molecule has 0 saturated carbocycles. The number of fused-ring (bicyclic) bond motifs is 1. The molecule has 0 bridgehead atoms. The normalized spacial score (nSPS) is 15.3. The Labute approximate surface area is 219 Å². The van der Waals surface area contributed by atoms with Crippen LogP contribution >= 0.6 is 12.4 Å². The van der Waals surface area contributed by atoms with Crippen molar-refractivity contribution in [1.29, 1.82) is 0 Å². The molecule has 1 saturated heterocycles. The van der Waals surface area contributed by atoms with Gasteiger partial charge in [0.25, 0.3) is 0 Å². The summed E-state index contributed by atoms with van der Waals surface area (Å²) < 4.78 is 32.4. The molecule has 1 aliphatic rings. The number of halogens is 3.